The molecule has 1 fully saturated rings. The van der Waals surface area contributed by atoms with E-state index >= 15 is 0 Å². The minimum atomic E-state index is -0.128. The summed E-state index contributed by atoms with van der Waals surface area (Å²) in [4.78, 5) is 6.87. The van der Waals surface area contributed by atoms with Crippen LogP contribution in [0.25, 0.3) is 0 Å². The van der Waals surface area contributed by atoms with Crippen LogP contribution in [-0.4, -0.2) is 29.8 Å². The molecule has 1 atom stereocenters. The molecule has 2 heterocycles. The highest BCUT2D eigenvalue weighted by molar-refractivity contribution is 6.17. The van der Waals surface area contributed by atoms with Gasteiger partial charge in [0.1, 0.15) is 5.82 Å². The number of morpholine rings is 1. The number of ether oxygens (including phenoxy) is 1. The zero-order chi connectivity index (χ0) is 13.3. The van der Waals surface area contributed by atoms with Crippen LogP contribution >= 0.6 is 11.6 Å². The second-order valence-electron chi connectivity index (χ2n) is 5.69. The summed E-state index contributed by atoms with van der Waals surface area (Å²) in [6, 6.07) is 2.11. The number of hydrogen-bond donors (Lipinski definition) is 0. The minimum absolute atomic E-state index is 0.128. The van der Waals surface area contributed by atoms with E-state index in [0.29, 0.717) is 5.88 Å². The third-order valence-corrected chi connectivity index (χ3v) is 3.44. The molecule has 3 nitrogen and oxygen atoms in total. The molecule has 1 unspecified atom stereocenters. The van der Waals surface area contributed by atoms with E-state index in [2.05, 4.69) is 43.6 Å². The summed E-state index contributed by atoms with van der Waals surface area (Å²) in [5, 5.41) is 0. The predicted octanol–water partition coefficient (Wildman–Crippen LogP) is 3.13. The molecule has 0 saturated carbocycles. The van der Waals surface area contributed by atoms with Gasteiger partial charge in [-0.25, -0.2) is 4.98 Å². The van der Waals surface area contributed by atoms with Gasteiger partial charge >= 0.3 is 0 Å². The molecule has 1 saturated heterocycles. The van der Waals surface area contributed by atoms with Crippen molar-refractivity contribution in [2.24, 2.45) is 0 Å². The standard InChI is InChI=1S/C14H21ClN2O/c1-10-5-12(6-15)7-16-13(10)17-8-11(2)18-14(3,4)9-17/h5,7,11H,6,8-9H2,1-4H3. The van der Waals surface area contributed by atoms with Gasteiger partial charge in [-0.15, -0.1) is 11.6 Å². The Morgan fingerprint density at radius 2 is 2.28 bits per heavy atom. The number of alkyl halides is 1. The molecule has 1 aromatic heterocycles. The molecule has 2 rings (SSSR count). The van der Waals surface area contributed by atoms with Crippen LogP contribution in [0.15, 0.2) is 12.3 Å². The normalized spacial score (nSPS) is 23.2. The lowest BCUT2D eigenvalue weighted by molar-refractivity contribution is -0.0751. The topological polar surface area (TPSA) is 25.4 Å². The van der Waals surface area contributed by atoms with E-state index in [1.165, 1.54) is 5.56 Å². The van der Waals surface area contributed by atoms with E-state index in [4.69, 9.17) is 16.3 Å². The quantitative estimate of drug-likeness (QED) is 0.771. The summed E-state index contributed by atoms with van der Waals surface area (Å²) in [6.45, 7) is 10.2. The molecule has 4 heteroatoms. The first-order chi connectivity index (χ1) is 8.41. The van der Waals surface area contributed by atoms with Gasteiger partial charge in [-0.05, 0) is 44.9 Å². The number of hydrogen-bond acceptors (Lipinski definition) is 3. The van der Waals surface area contributed by atoms with E-state index in [1.54, 1.807) is 0 Å². The van der Waals surface area contributed by atoms with Gasteiger partial charge in [0, 0.05) is 25.2 Å². The predicted molar refractivity (Wildman–Crippen MR) is 75.4 cm³/mol. The van der Waals surface area contributed by atoms with Gasteiger partial charge in [0.25, 0.3) is 0 Å². The zero-order valence-electron chi connectivity index (χ0n) is 11.5. The lowest BCUT2D eigenvalue weighted by Crippen LogP contribution is -2.52. The van der Waals surface area contributed by atoms with Gasteiger partial charge in [0.2, 0.25) is 0 Å². The average Bonchev–Trinajstić information content (AvgIpc) is 2.25. The molecular weight excluding hydrogens is 248 g/mol. The molecule has 0 spiro atoms. The third-order valence-electron chi connectivity index (χ3n) is 3.13. The number of anilines is 1. The van der Waals surface area contributed by atoms with Gasteiger partial charge in [-0.2, -0.15) is 0 Å². The molecule has 1 aromatic rings. The minimum Gasteiger partial charge on any atom is -0.369 e. The molecule has 0 amide bonds. The van der Waals surface area contributed by atoms with Crippen molar-refractivity contribution >= 4 is 17.4 Å². The number of halogens is 1. The van der Waals surface area contributed by atoms with E-state index in [-0.39, 0.29) is 11.7 Å². The summed E-state index contributed by atoms with van der Waals surface area (Å²) in [7, 11) is 0. The molecule has 18 heavy (non-hydrogen) atoms. The molecule has 100 valence electrons. The summed E-state index contributed by atoms with van der Waals surface area (Å²) in [6.07, 6.45) is 2.09. The highest BCUT2D eigenvalue weighted by atomic mass is 35.5. The molecular formula is C14H21ClN2O. The molecule has 1 aliphatic rings. The first-order valence-electron chi connectivity index (χ1n) is 6.35. The third kappa shape index (κ3) is 2.96. The van der Waals surface area contributed by atoms with Gasteiger partial charge in [0.15, 0.2) is 0 Å². The zero-order valence-corrected chi connectivity index (χ0v) is 12.3. The Hall–Kier alpha value is -0.800. The number of aromatic nitrogens is 1. The molecule has 0 bridgehead atoms. The van der Waals surface area contributed by atoms with Gasteiger partial charge in [-0.3, -0.25) is 0 Å². The van der Waals surface area contributed by atoms with Crippen molar-refractivity contribution in [1.82, 2.24) is 4.98 Å². The van der Waals surface area contributed by atoms with Crippen LogP contribution in [0.1, 0.15) is 31.9 Å². The van der Waals surface area contributed by atoms with Crippen LogP contribution in [0.2, 0.25) is 0 Å². The van der Waals surface area contributed by atoms with E-state index in [0.717, 1.165) is 24.5 Å². The Kier molecular flexibility index (Phi) is 3.83. The Morgan fingerprint density at radius 1 is 1.56 bits per heavy atom. The Morgan fingerprint density at radius 3 is 2.83 bits per heavy atom. The van der Waals surface area contributed by atoms with Gasteiger partial charge < -0.3 is 9.64 Å². The maximum absolute atomic E-state index is 5.92. The lowest BCUT2D eigenvalue weighted by Gasteiger charge is -2.42. The van der Waals surface area contributed by atoms with Crippen molar-refractivity contribution in [2.75, 3.05) is 18.0 Å². The fourth-order valence-electron chi connectivity index (χ4n) is 2.64. The van der Waals surface area contributed by atoms with Crippen LogP contribution in [0.5, 0.6) is 0 Å². The number of nitrogens with zero attached hydrogens (tertiary/aromatic N) is 2. The number of aryl methyl sites for hydroxylation is 1. The Bertz CT molecular complexity index is 434. The highest BCUT2D eigenvalue weighted by Crippen LogP contribution is 2.27. The smallest absolute Gasteiger partial charge is 0.131 e. The van der Waals surface area contributed by atoms with Crippen molar-refractivity contribution in [3.05, 3.63) is 23.4 Å². The molecule has 0 N–H and O–H groups in total. The molecule has 0 radical (unpaired) electrons. The van der Waals surface area contributed by atoms with Crippen molar-refractivity contribution in [1.29, 1.82) is 0 Å². The summed E-state index contributed by atoms with van der Waals surface area (Å²) >= 11 is 5.83. The summed E-state index contributed by atoms with van der Waals surface area (Å²) in [5.74, 6) is 1.56. The Labute approximate surface area is 114 Å². The van der Waals surface area contributed by atoms with Crippen molar-refractivity contribution in [3.63, 3.8) is 0 Å². The fourth-order valence-corrected chi connectivity index (χ4v) is 2.79. The molecule has 0 aliphatic carbocycles. The number of rotatable bonds is 2. The molecule has 1 aliphatic heterocycles. The van der Waals surface area contributed by atoms with Crippen LogP contribution in [-0.2, 0) is 10.6 Å². The lowest BCUT2D eigenvalue weighted by atomic mass is 10.0. The summed E-state index contributed by atoms with van der Waals surface area (Å²) < 4.78 is 5.92. The van der Waals surface area contributed by atoms with Crippen molar-refractivity contribution < 1.29 is 4.74 Å². The fraction of sp³-hybridized carbons (Fsp3) is 0.643. The van der Waals surface area contributed by atoms with E-state index in [1.807, 2.05) is 6.20 Å². The van der Waals surface area contributed by atoms with E-state index < -0.39 is 0 Å². The highest BCUT2D eigenvalue weighted by Gasteiger charge is 2.32. The monoisotopic (exact) mass is 268 g/mol. The van der Waals surface area contributed by atoms with Crippen molar-refractivity contribution in [2.45, 2.75) is 45.3 Å². The van der Waals surface area contributed by atoms with Crippen LogP contribution < -0.4 is 4.90 Å². The Balaban J connectivity index is 2.25. The first kappa shape index (κ1) is 13.6. The SMILES string of the molecule is Cc1cc(CCl)cnc1N1CC(C)OC(C)(C)C1. The second-order valence-corrected chi connectivity index (χ2v) is 5.95. The number of pyridine rings is 1. The van der Waals surface area contributed by atoms with Crippen LogP contribution in [0, 0.1) is 6.92 Å². The van der Waals surface area contributed by atoms with Crippen LogP contribution in [0.3, 0.4) is 0 Å². The summed E-state index contributed by atoms with van der Waals surface area (Å²) in [5.41, 5.74) is 2.12. The maximum atomic E-state index is 5.92. The maximum Gasteiger partial charge on any atom is 0.131 e. The van der Waals surface area contributed by atoms with E-state index in [9.17, 15) is 0 Å². The second kappa shape index (κ2) is 5.06. The average molecular weight is 269 g/mol. The largest absolute Gasteiger partial charge is 0.369 e. The molecule has 0 aromatic carbocycles. The first-order valence-corrected chi connectivity index (χ1v) is 6.89. The van der Waals surface area contributed by atoms with Crippen molar-refractivity contribution in [3.8, 4) is 0 Å². The van der Waals surface area contributed by atoms with Gasteiger partial charge in [0.05, 0.1) is 11.7 Å². The van der Waals surface area contributed by atoms with Crippen LogP contribution in [0.4, 0.5) is 5.82 Å². The van der Waals surface area contributed by atoms with Gasteiger partial charge in [-0.1, -0.05) is 0 Å².